The lowest BCUT2D eigenvalue weighted by atomic mass is 10.0. The molecule has 1 aliphatic heterocycles. The van der Waals surface area contributed by atoms with E-state index < -0.39 is 6.04 Å². The fraction of sp³-hybridized carbons (Fsp3) is 0.360. The number of nitrogens with one attached hydrogen (secondary N) is 1. The Hall–Kier alpha value is -2.88. The number of hydrogen-bond acceptors (Lipinski definition) is 2. The maximum atomic E-state index is 13.0. The van der Waals surface area contributed by atoms with Gasteiger partial charge in [0, 0.05) is 25.6 Å². The molecule has 0 bridgehead atoms. The molecule has 0 saturated carbocycles. The highest BCUT2D eigenvalue weighted by atomic mass is 16.2. The second-order valence-corrected chi connectivity index (χ2v) is 7.91. The Bertz CT molecular complexity index is 897. The number of carbonyl (C=O) groups excluding carboxylic acids is 2. The third-order valence-corrected chi connectivity index (χ3v) is 5.61. The van der Waals surface area contributed by atoms with Gasteiger partial charge in [0.05, 0.1) is 0 Å². The van der Waals surface area contributed by atoms with E-state index in [1.807, 2.05) is 48.2 Å². The van der Waals surface area contributed by atoms with E-state index in [1.54, 1.807) is 0 Å². The van der Waals surface area contributed by atoms with E-state index in [1.165, 1.54) is 17.2 Å². The van der Waals surface area contributed by atoms with Gasteiger partial charge < -0.3 is 10.2 Å². The van der Waals surface area contributed by atoms with Crippen molar-refractivity contribution in [1.82, 2.24) is 10.2 Å². The van der Waals surface area contributed by atoms with Crippen LogP contribution in [0.1, 0.15) is 40.7 Å². The highest BCUT2D eigenvalue weighted by molar-refractivity contribution is 5.95. The molecule has 1 saturated heterocycles. The van der Waals surface area contributed by atoms with E-state index in [9.17, 15) is 9.59 Å². The lowest BCUT2D eigenvalue weighted by molar-refractivity contribution is -0.134. The molecule has 29 heavy (non-hydrogen) atoms. The predicted molar refractivity (Wildman–Crippen MR) is 118 cm³/mol. The van der Waals surface area contributed by atoms with Crippen molar-refractivity contribution >= 4 is 17.9 Å². The van der Waals surface area contributed by atoms with Crippen molar-refractivity contribution in [2.24, 2.45) is 0 Å². The van der Waals surface area contributed by atoms with Crippen LogP contribution in [0.25, 0.3) is 6.08 Å². The van der Waals surface area contributed by atoms with Crippen molar-refractivity contribution in [2.45, 2.75) is 46.1 Å². The van der Waals surface area contributed by atoms with Crippen molar-refractivity contribution in [2.75, 3.05) is 13.1 Å². The molecular weight excluding hydrogens is 360 g/mol. The Morgan fingerprint density at radius 1 is 1.00 bits per heavy atom. The van der Waals surface area contributed by atoms with Crippen LogP contribution in [-0.4, -0.2) is 35.8 Å². The highest BCUT2D eigenvalue weighted by Gasteiger charge is 2.27. The molecule has 0 aliphatic carbocycles. The second-order valence-electron chi connectivity index (χ2n) is 7.91. The molecule has 0 spiro atoms. The van der Waals surface area contributed by atoms with Crippen LogP contribution in [-0.2, 0) is 16.0 Å². The Morgan fingerprint density at radius 3 is 2.34 bits per heavy atom. The number of likely N-dealkylation sites (tertiary alicyclic amines) is 1. The molecule has 0 radical (unpaired) electrons. The molecule has 2 aromatic rings. The van der Waals surface area contributed by atoms with Crippen LogP contribution in [0.15, 0.2) is 48.5 Å². The van der Waals surface area contributed by atoms with Gasteiger partial charge in [-0.15, -0.1) is 0 Å². The zero-order valence-corrected chi connectivity index (χ0v) is 17.6. The summed E-state index contributed by atoms with van der Waals surface area (Å²) in [6, 6.07) is 13.5. The van der Waals surface area contributed by atoms with Crippen LogP contribution in [0.5, 0.6) is 0 Å². The Labute approximate surface area is 173 Å². The summed E-state index contributed by atoms with van der Waals surface area (Å²) in [4.78, 5) is 27.5. The maximum absolute atomic E-state index is 13.0. The first-order valence-corrected chi connectivity index (χ1v) is 10.3. The molecule has 2 aromatic carbocycles. The van der Waals surface area contributed by atoms with Gasteiger partial charge in [-0.1, -0.05) is 42.5 Å². The molecule has 0 aromatic heterocycles. The first-order valence-electron chi connectivity index (χ1n) is 10.3. The molecule has 152 valence electrons. The van der Waals surface area contributed by atoms with Gasteiger partial charge in [-0.2, -0.15) is 0 Å². The molecule has 4 heteroatoms. The minimum absolute atomic E-state index is 0.00969. The van der Waals surface area contributed by atoms with Crippen LogP contribution >= 0.6 is 0 Å². The molecule has 1 aliphatic rings. The van der Waals surface area contributed by atoms with Crippen molar-refractivity contribution in [3.8, 4) is 0 Å². The first kappa shape index (κ1) is 20.8. The third kappa shape index (κ3) is 5.57. The van der Waals surface area contributed by atoms with Gasteiger partial charge in [0.25, 0.3) is 0 Å². The van der Waals surface area contributed by atoms with E-state index in [4.69, 9.17) is 0 Å². The quantitative estimate of drug-likeness (QED) is 0.759. The monoisotopic (exact) mass is 390 g/mol. The van der Waals surface area contributed by atoms with Crippen LogP contribution in [0, 0.1) is 20.8 Å². The van der Waals surface area contributed by atoms with Gasteiger partial charge in [-0.25, -0.2) is 0 Å². The topological polar surface area (TPSA) is 49.4 Å². The molecule has 4 nitrogen and oxygen atoms in total. The van der Waals surface area contributed by atoms with Crippen LogP contribution in [0.2, 0.25) is 0 Å². The molecule has 1 heterocycles. The molecule has 1 atom stereocenters. The van der Waals surface area contributed by atoms with Crippen molar-refractivity contribution < 1.29 is 9.59 Å². The molecule has 2 amide bonds. The average molecular weight is 391 g/mol. The minimum Gasteiger partial charge on any atom is -0.341 e. The maximum Gasteiger partial charge on any atom is 0.245 e. The van der Waals surface area contributed by atoms with Crippen molar-refractivity contribution in [1.29, 1.82) is 0 Å². The van der Waals surface area contributed by atoms with Gasteiger partial charge in [0.1, 0.15) is 6.04 Å². The van der Waals surface area contributed by atoms with Gasteiger partial charge in [-0.3, -0.25) is 9.59 Å². The summed E-state index contributed by atoms with van der Waals surface area (Å²) >= 11 is 0. The van der Waals surface area contributed by atoms with Crippen molar-refractivity contribution in [3.63, 3.8) is 0 Å². The normalized spacial score (nSPS) is 14.9. The van der Waals surface area contributed by atoms with Gasteiger partial charge >= 0.3 is 0 Å². The highest BCUT2D eigenvalue weighted by Crippen LogP contribution is 2.17. The summed E-state index contributed by atoms with van der Waals surface area (Å²) in [5, 5.41) is 2.94. The van der Waals surface area contributed by atoms with Crippen LogP contribution < -0.4 is 5.32 Å². The SMILES string of the molecule is Cc1cc(C)c(/C=C/C(=O)NC(Cc2ccccc2)C(=O)N2CCCC2)cc1C. The summed E-state index contributed by atoms with van der Waals surface area (Å²) in [5.74, 6) is -0.230. The molecule has 3 rings (SSSR count). The number of amides is 2. The van der Waals surface area contributed by atoms with E-state index >= 15 is 0 Å². The van der Waals surface area contributed by atoms with E-state index in [-0.39, 0.29) is 11.8 Å². The molecule has 1 N–H and O–H groups in total. The average Bonchev–Trinajstić information content (AvgIpc) is 3.24. The first-order chi connectivity index (χ1) is 13.9. The zero-order chi connectivity index (χ0) is 20.8. The van der Waals surface area contributed by atoms with E-state index in [2.05, 4.69) is 31.3 Å². The number of carbonyl (C=O) groups is 2. The fourth-order valence-corrected chi connectivity index (χ4v) is 3.76. The number of rotatable bonds is 6. The summed E-state index contributed by atoms with van der Waals surface area (Å²) in [5.41, 5.74) is 5.63. The van der Waals surface area contributed by atoms with Gasteiger partial charge in [0.2, 0.25) is 11.8 Å². The largest absolute Gasteiger partial charge is 0.341 e. The molecular formula is C25H30N2O2. The lowest BCUT2D eigenvalue weighted by Crippen LogP contribution is -2.48. The summed E-state index contributed by atoms with van der Waals surface area (Å²) in [7, 11) is 0. The predicted octanol–water partition coefficient (Wildman–Crippen LogP) is 3.97. The smallest absolute Gasteiger partial charge is 0.245 e. The van der Waals surface area contributed by atoms with Gasteiger partial charge in [-0.05, 0) is 67.5 Å². The zero-order valence-electron chi connectivity index (χ0n) is 17.6. The summed E-state index contributed by atoms with van der Waals surface area (Å²) in [6.07, 6.45) is 5.93. The number of benzene rings is 2. The standard InChI is InChI=1S/C25H30N2O2/c1-18-15-20(3)22(16-19(18)2)11-12-24(28)26-23(17-21-9-5-4-6-10-21)25(29)27-13-7-8-14-27/h4-6,9-12,15-16,23H,7-8,13-14,17H2,1-3H3,(H,26,28)/b12-11+. The Morgan fingerprint density at radius 2 is 1.66 bits per heavy atom. The Balaban J connectivity index is 1.73. The molecule has 1 fully saturated rings. The molecule has 1 unspecified atom stereocenters. The minimum atomic E-state index is -0.548. The van der Waals surface area contributed by atoms with Crippen LogP contribution in [0.4, 0.5) is 0 Å². The van der Waals surface area contributed by atoms with Crippen LogP contribution in [0.3, 0.4) is 0 Å². The Kier molecular flexibility index (Phi) is 6.86. The van der Waals surface area contributed by atoms with Gasteiger partial charge in [0.15, 0.2) is 0 Å². The van der Waals surface area contributed by atoms with Crippen molar-refractivity contribution in [3.05, 3.63) is 76.4 Å². The fourth-order valence-electron chi connectivity index (χ4n) is 3.76. The summed E-state index contributed by atoms with van der Waals surface area (Å²) < 4.78 is 0. The lowest BCUT2D eigenvalue weighted by Gasteiger charge is -2.23. The second kappa shape index (κ2) is 9.55. The third-order valence-electron chi connectivity index (χ3n) is 5.61. The number of hydrogen-bond donors (Lipinski definition) is 1. The van der Waals surface area contributed by atoms with E-state index in [0.717, 1.165) is 42.6 Å². The number of nitrogens with zero attached hydrogens (tertiary/aromatic N) is 1. The summed E-state index contributed by atoms with van der Waals surface area (Å²) in [6.45, 7) is 7.74. The van der Waals surface area contributed by atoms with E-state index in [0.29, 0.717) is 6.42 Å². The number of aryl methyl sites for hydroxylation is 3.